The molecule has 15 heteroatoms. The third-order valence-corrected chi connectivity index (χ3v) is 8.78. The second-order valence-electron chi connectivity index (χ2n) is 11.2. The van der Waals surface area contributed by atoms with E-state index in [1.807, 2.05) is 0 Å². The van der Waals surface area contributed by atoms with E-state index >= 15 is 8.78 Å². The molecule has 1 unspecified atom stereocenters. The number of nitrogens with one attached hydrogen (secondary N) is 1. The van der Waals surface area contributed by atoms with Gasteiger partial charge in [0.1, 0.15) is 23.4 Å². The molecule has 43 heavy (non-hydrogen) atoms. The molecule has 12 nitrogen and oxygen atoms in total. The van der Waals surface area contributed by atoms with Crippen LogP contribution in [-0.4, -0.2) is 86.4 Å². The van der Waals surface area contributed by atoms with Crippen LogP contribution < -0.4 is 10.2 Å². The summed E-state index contributed by atoms with van der Waals surface area (Å²) in [6.07, 6.45) is 3.04. The van der Waals surface area contributed by atoms with Gasteiger partial charge in [-0.2, -0.15) is 0 Å². The number of cyclic esters (lactones) is 1. The van der Waals surface area contributed by atoms with Crippen LogP contribution in [0.5, 0.6) is 0 Å². The first-order chi connectivity index (χ1) is 20.3. The van der Waals surface area contributed by atoms with E-state index in [0.717, 1.165) is 12.1 Å². The second kappa shape index (κ2) is 10.8. The van der Waals surface area contributed by atoms with Gasteiger partial charge in [0.15, 0.2) is 0 Å². The van der Waals surface area contributed by atoms with Crippen LogP contribution in [0, 0.1) is 30.0 Å². The number of carbonyl (C=O) groups excluding carboxylic acids is 2. The highest BCUT2D eigenvalue weighted by Crippen LogP contribution is 2.64. The fourth-order valence-corrected chi connectivity index (χ4v) is 6.65. The molecule has 224 valence electrons. The molecule has 1 saturated carbocycles. The van der Waals surface area contributed by atoms with Gasteiger partial charge in [-0.25, -0.2) is 24.8 Å². The first-order valence-corrected chi connectivity index (χ1v) is 13.7. The van der Waals surface area contributed by atoms with Crippen LogP contribution in [-0.2, 0) is 21.6 Å². The molecule has 2 N–H and O–H groups in total. The molecule has 1 aliphatic carbocycles. The molecule has 3 saturated heterocycles. The molecule has 0 spiro atoms. The molecule has 3 aliphatic heterocycles. The topological polar surface area (TPSA) is 130 Å². The minimum Gasteiger partial charge on any atom is -0.442 e. The number of hydrogen-bond donors (Lipinski definition) is 2. The average molecular weight is 613 g/mol. The Kier molecular flexibility index (Phi) is 7.27. The second-order valence-corrected chi connectivity index (χ2v) is 11.2. The normalized spacial score (nSPS) is 29.2. The lowest BCUT2D eigenvalue weighted by molar-refractivity contribution is -0.132. The number of nitrogens with zero attached hydrogens (tertiary/aromatic N) is 7. The molecule has 4 fully saturated rings. The van der Waals surface area contributed by atoms with Gasteiger partial charge in [0.2, 0.25) is 5.91 Å². The molecule has 2 aromatic heterocycles. The Labute approximate surface area is 250 Å². The molecule has 5 heterocycles. The molecule has 1 aromatic carbocycles. The number of aromatic nitrogens is 4. The molecule has 0 bridgehead atoms. The van der Waals surface area contributed by atoms with Crippen molar-refractivity contribution in [3.05, 3.63) is 71.6 Å². The third kappa shape index (κ3) is 4.77. The lowest BCUT2D eigenvalue weighted by Gasteiger charge is -2.24. The Hall–Kier alpha value is -4.19. The minimum atomic E-state index is -0.877. The zero-order valence-electron chi connectivity index (χ0n) is 22.6. The van der Waals surface area contributed by atoms with Crippen molar-refractivity contribution in [2.24, 2.45) is 11.8 Å². The summed E-state index contributed by atoms with van der Waals surface area (Å²) in [5.41, 5.74) is -0.433. The van der Waals surface area contributed by atoms with Gasteiger partial charge in [0, 0.05) is 37.6 Å². The van der Waals surface area contributed by atoms with Crippen molar-refractivity contribution in [1.82, 2.24) is 30.2 Å². The van der Waals surface area contributed by atoms with Crippen molar-refractivity contribution < 1.29 is 28.2 Å². The number of aliphatic hydroxyl groups is 1. The van der Waals surface area contributed by atoms with E-state index in [2.05, 4.69) is 25.5 Å². The zero-order chi connectivity index (χ0) is 29.2. The fraction of sp³-hybridized carbons (Fsp3) is 0.429. The maximum atomic E-state index is 15.3. The molecule has 6 atom stereocenters. The smallest absolute Gasteiger partial charge is 0.414 e. The largest absolute Gasteiger partial charge is 0.442 e. The number of piperidine rings is 1. The fourth-order valence-electron chi connectivity index (χ4n) is 6.65. The van der Waals surface area contributed by atoms with Crippen LogP contribution in [0.2, 0.25) is 0 Å². The van der Waals surface area contributed by atoms with Gasteiger partial charge in [0.05, 0.1) is 54.5 Å². The first kappa shape index (κ1) is 28.9. The molecule has 7 rings (SSSR count). The summed E-state index contributed by atoms with van der Waals surface area (Å²) in [6.45, 7) is 9.50. The van der Waals surface area contributed by atoms with E-state index in [1.165, 1.54) is 28.0 Å². The van der Waals surface area contributed by atoms with Gasteiger partial charge in [0.25, 0.3) is 5.54 Å². The van der Waals surface area contributed by atoms with Gasteiger partial charge >= 0.3 is 6.09 Å². The monoisotopic (exact) mass is 612 g/mol. The van der Waals surface area contributed by atoms with E-state index in [1.54, 1.807) is 17.2 Å². The Morgan fingerprint density at radius 2 is 1.95 bits per heavy atom. The number of fused-ring (bicyclic) bond motifs is 1. The van der Waals surface area contributed by atoms with Crippen LogP contribution in [0.15, 0.2) is 42.9 Å². The summed E-state index contributed by atoms with van der Waals surface area (Å²) in [6, 6.07) is 4.91. The van der Waals surface area contributed by atoms with Gasteiger partial charge < -0.3 is 24.9 Å². The Morgan fingerprint density at radius 3 is 2.53 bits per heavy atom. The number of β-amino-alcohol motifs (C(OH)–C–C–N with tert-alkyl or cyclic N) is 1. The van der Waals surface area contributed by atoms with Crippen molar-refractivity contribution in [2.75, 3.05) is 31.1 Å². The standard InChI is InChI=1S/C28H26F2N8O4.ClH/c1-31-28(19-13-36(14-20(19)28)26(40)23-8-17(39)10-32-23)24-3-2-15(9-33-24)25-21(29)6-16(7-22(25)30)38-12-18(42-27(38)41)11-37-5-4-34-35-37;/h2-7,9,17-20,23,32,39H,8,10-14H2;1H/t17-,18+,19-,20+,23+,28?;/m1./s1. The number of aliphatic hydroxyl groups excluding tert-OH is 1. The summed E-state index contributed by atoms with van der Waals surface area (Å²) >= 11 is 0. The molecular formula is C28H27ClF2N8O4. The summed E-state index contributed by atoms with van der Waals surface area (Å²) in [5.74, 6) is -1.96. The zero-order valence-corrected chi connectivity index (χ0v) is 23.5. The molecule has 0 radical (unpaired) electrons. The van der Waals surface area contributed by atoms with Crippen LogP contribution >= 0.6 is 12.4 Å². The molecular weight excluding hydrogens is 586 g/mol. The number of amides is 2. The predicted molar refractivity (Wildman–Crippen MR) is 149 cm³/mol. The highest BCUT2D eigenvalue weighted by molar-refractivity contribution is 5.90. The van der Waals surface area contributed by atoms with Crippen LogP contribution in [0.25, 0.3) is 16.0 Å². The van der Waals surface area contributed by atoms with E-state index in [4.69, 9.17) is 11.3 Å². The van der Waals surface area contributed by atoms with Gasteiger partial charge in [-0.15, -0.1) is 17.5 Å². The third-order valence-electron chi connectivity index (χ3n) is 8.78. The highest BCUT2D eigenvalue weighted by atomic mass is 35.5. The lowest BCUT2D eigenvalue weighted by Crippen LogP contribution is -2.44. The van der Waals surface area contributed by atoms with Gasteiger partial charge in [-0.1, -0.05) is 11.3 Å². The van der Waals surface area contributed by atoms with Crippen molar-refractivity contribution in [2.45, 2.75) is 36.8 Å². The number of rotatable bonds is 6. The Balaban J connectivity index is 0.00000329. The predicted octanol–water partition coefficient (Wildman–Crippen LogP) is 1.99. The van der Waals surface area contributed by atoms with Crippen LogP contribution in [0.3, 0.4) is 0 Å². The number of carbonyl (C=O) groups is 2. The van der Waals surface area contributed by atoms with Crippen molar-refractivity contribution in [3.63, 3.8) is 0 Å². The molecule has 3 aromatic rings. The summed E-state index contributed by atoms with van der Waals surface area (Å²) < 4.78 is 37.4. The van der Waals surface area contributed by atoms with E-state index in [0.29, 0.717) is 31.7 Å². The number of ether oxygens (including phenoxy) is 1. The number of pyridine rings is 1. The number of likely N-dealkylation sites (tertiary alicyclic amines) is 1. The number of benzene rings is 1. The average Bonchev–Trinajstić information content (AvgIpc) is 3.62. The van der Waals surface area contributed by atoms with Crippen LogP contribution in [0.4, 0.5) is 19.3 Å². The van der Waals surface area contributed by atoms with E-state index in [-0.39, 0.29) is 60.1 Å². The Morgan fingerprint density at radius 1 is 1.21 bits per heavy atom. The van der Waals surface area contributed by atoms with Gasteiger partial charge in [-0.05, 0) is 24.6 Å². The summed E-state index contributed by atoms with van der Waals surface area (Å²) in [7, 11) is 0. The number of hydrogen-bond acceptors (Lipinski definition) is 8. The first-order valence-electron chi connectivity index (χ1n) is 13.7. The SMILES string of the molecule is Cl.[C-]#[N+]C1(c2ccc(-c3c(F)cc(N4C[C@H](Cn5ccnn5)OC4=O)cc3F)cn2)[C@@H]2CN(C(=O)[C@@H]3C[C@@H](O)CN3)C[C@@H]21. The summed E-state index contributed by atoms with van der Waals surface area (Å²) in [4.78, 5) is 36.5. The van der Waals surface area contributed by atoms with Gasteiger partial charge in [-0.3, -0.25) is 14.7 Å². The maximum absolute atomic E-state index is 15.3. The van der Waals surface area contributed by atoms with E-state index < -0.39 is 41.5 Å². The minimum absolute atomic E-state index is 0. The molecule has 2 amide bonds. The summed E-state index contributed by atoms with van der Waals surface area (Å²) in [5, 5.41) is 20.3. The van der Waals surface area contributed by atoms with Crippen molar-refractivity contribution in [1.29, 1.82) is 0 Å². The van der Waals surface area contributed by atoms with Crippen molar-refractivity contribution >= 4 is 30.1 Å². The lowest BCUT2D eigenvalue weighted by atomic mass is 10.0. The quantitative estimate of drug-likeness (QED) is 0.405. The highest BCUT2D eigenvalue weighted by Gasteiger charge is 2.78. The number of halogens is 3. The molecule has 4 aliphatic rings. The Bertz CT molecular complexity index is 1570. The van der Waals surface area contributed by atoms with Crippen molar-refractivity contribution in [3.8, 4) is 11.1 Å². The maximum Gasteiger partial charge on any atom is 0.414 e. The van der Waals surface area contributed by atoms with Crippen LogP contribution in [0.1, 0.15) is 12.1 Å². The number of anilines is 1. The van der Waals surface area contributed by atoms with E-state index in [9.17, 15) is 14.7 Å².